The summed E-state index contributed by atoms with van der Waals surface area (Å²) in [7, 11) is 0. The molecule has 0 aromatic heterocycles. The van der Waals surface area contributed by atoms with E-state index in [-0.39, 0.29) is 29.7 Å². The van der Waals surface area contributed by atoms with Crippen LogP contribution in [0.2, 0.25) is 0 Å². The summed E-state index contributed by atoms with van der Waals surface area (Å²) in [5.74, 6) is -0.636. The molecule has 3 heterocycles. The first-order valence-electron chi connectivity index (χ1n) is 12.8. The number of carbonyl (C=O) groups is 4. The van der Waals surface area contributed by atoms with Gasteiger partial charge in [-0.2, -0.15) is 0 Å². The van der Waals surface area contributed by atoms with Crippen molar-refractivity contribution in [3.05, 3.63) is 70.8 Å². The maximum Gasteiger partial charge on any atom is 0.261 e. The predicted octanol–water partition coefficient (Wildman–Crippen LogP) is 3.90. The number of fused-ring (bicyclic) bond motifs is 2. The number of alkyl halides is 1. The third kappa shape index (κ3) is 6.34. The van der Waals surface area contributed by atoms with Gasteiger partial charge in [0.1, 0.15) is 0 Å². The molecule has 1 saturated heterocycles. The van der Waals surface area contributed by atoms with Gasteiger partial charge in [0.2, 0.25) is 0 Å². The highest BCUT2D eigenvalue weighted by Crippen LogP contribution is 2.24. The molecular weight excluding hydrogens is 538 g/mol. The third-order valence-corrected chi connectivity index (χ3v) is 7.24. The standard InChI is InChI=1S/C16H20N2O3.C12H12BrNO2/c19-15-13-6-1-2-7-14(13)16(20)18(15)9-4-3-5-12-11-17-8-10-21-12;13-7-3-4-8-14-11(15)9-5-1-2-6-10(9)12(14)16/h1-2,6-7,12,17H,3-5,8-11H2;1-2,5-6H,3-4,7-8H2. The highest BCUT2D eigenvalue weighted by atomic mass is 79.9. The smallest absolute Gasteiger partial charge is 0.261 e. The van der Waals surface area contributed by atoms with Crippen LogP contribution in [0.3, 0.4) is 0 Å². The van der Waals surface area contributed by atoms with E-state index in [1.165, 1.54) is 9.80 Å². The topological polar surface area (TPSA) is 96.0 Å². The van der Waals surface area contributed by atoms with Crippen LogP contribution >= 0.6 is 15.9 Å². The van der Waals surface area contributed by atoms with Crippen LogP contribution in [-0.4, -0.2) is 77.6 Å². The van der Waals surface area contributed by atoms with Gasteiger partial charge in [0, 0.05) is 31.5 Å². The molecule has 0 radical (unpaired) electrons. The predicted molar refractivity (Wildman–Crippen MR) is 143 cm³/mol. The minimum atomic E-state index is -0.161. The van der Waals surface area contributed by atoms with Crippen LogP contribution < -0.4 is 5.32 Å². The molecule has 1 atom stereocenters. The lowest BCUT2D eigenvalue weighted by atomic mass is 10.1. The van der Waals surface area contributed by atoms with E-state index in [9.17, 15) is 19.2 Å². The molecule has 8 nitrogen and oxygen atoms in total. The van der Waals surface area contributed by atoms with Gasteiger partial charge in [0.25, 0.3) is 23.6 Å². The molecule has 5 rings (SSSR count). The number of ether oxygens (including phenoxy) is 1. The maximum atomic E-state index is 12.2. The van der Waals surface area contributed by atoms with Gasteiger partial charge in [-0.3, -0.25) is 29.0 Å². The lowest BCUT2D eigenvalue weighted by Crippen LogP contribution is -2.38. The minimum Gasteiger partial charge on any atom is -0.376 e. The summed E-state index contributed by atoms with van der Waals surface area (Å²) in [5.41, 5.74) is 2.13. The lowest BCUT2D eigenvalue weighted by Gasteiger charge is -2.23. The van der Waals surface area contributed by atoms with E-state index >= 15 is 0 Å². The molecular formula is C28H32BrN3O5. The zero-order valence-corrected chi connectivity index (χ0v) is 22.4. The first kappa shape index (κ1) is 27.2. The van der Waals surface area contributed by atoms with E-state index < -0.39 is 0 Å². The van der Waals surface area contributed by atoms with Gasteiger partial charge in [-0.15, -0.1) is 0 Å². The zero-order chi connectivity index (χ0) is 26.2. The number of nitrogens with zero attached hydrogens (tertiary/aromatic N) is 2. The second kappa shape index (κ2) is 13.1. The maximum absolute atomic E-state index is 12.2. The summed E-state index contributed by atoms with van der Waals surface area (Å²) in [6.07, 6.45) is 4.83. The second-order valence-electron chi connectivity index (χ2n) is 9.20. The Morgan fingerprint density at radius 2 is 1.19 bits per heavy atom. The molecule has 2 aromatic carbocycles. The fraction of sp³-hybridized carbons (Fsp3) is 0.429. The molecule has 2 aromatic rings. The van der Waals surface area contributed by atoms with Crippen molar-refractivity contribution in [2.75, 3.05) is 38.1 Å². The van der Waals surface area contributed by atoms with Crippen LogP contribution in [0.15, 0.2) is 48.5 Å². The summed E-state index contributed by atoms with van der Waals surface area (Å²) in [4.78, 5) is 50.8. The van der Waals surface area contributed by atoms with Gasteiger partial charge in [0.15, 0.2) is 0 Å². The summed E-state index contributed by atoms with van der Waals surface area (Å²) >= 11 is 3.33. The summed E-state index contributed by atoms with van der Waals surface area (Å²) in [6.45, 7) is 3.59. The highest BCUT2D eigenvalue weighted by molar-refractivity contribution is 9.09. The fourth-order valence-electron chi connectivity index (χ4n) is 4.70. The van der Waals surface area contributed by atoms with E-state index in [1.54, 1.807) is 48.5 Å². The monoisotopic (exact) mass is 569 g/mol. The van der Waals surface area contributed by atoms with Crippen molar-refractivity contribution in [2.24, 2.45) is 0 Å². The zero-order valence-electron chi connectivity index (χ0n) is 20.8. The van der Waals surface area contributed by atoms with Gasteiger partial charge in [-0.1, -0.05) is 40.2 Å². The van der Waals surface area contributed by atoms with E-state index in [0.29, 0.717) is 35.3 Å². The Morgan fingerprint density at radius 1 is 0.730 bits per heavy atom. The number of halogens is 1. The third-order valence-electron chi connectivity index (χ3n) is 6.68. The highest BCUT2D eigenvalue weighted by Gasteiger charge is 2.35. The number of morpholine rings is 1. The minimum absolute atomic E-state index is 0.157. The average molecular weight is 570 g/mol. The van der Waals surface area contributed by atoms with E-state index in [4.69, 9.17) is 4.74 Å². The number of benzene rings is 2. The number of rotatable bonds is 9. The van der Waals surface area contributed by atoms with Crippen LogP contribution in [0.5, 0.6) is 0 Å². The summed E-state index contributed by atoms with van der Waals surface area (Å²) < 4.78 is 5.63. The van der Waals surface area contributed by atoms with Crippen LogP contribution in [0.1, 0.15) is 73.5 Å². The largest absolute Gasteiger partial charge is 0.376 e. The van der Waals surface area contributed by atoms with E-state index in [1.807, 2.05) is 0 Å². The van der Waals surface area contributed by atoms with Crippen molar-refractivity contribution in [1.29, 1.82) is 0 Å². The average Bonchev–Trinajstić information content (AvgIpc) is 3.32. The molecule has 0 saturated carbocycles. The molecule has 196 valence electrons. The quantitative estimate of drug-likeness (QED) is 0.279. The van der Waals surface area contributed by atoms with Crippen LogP contribution in [0.4, 0.5) is 0 Å². The number of hydrogen-bond acceptors (Lipinski definition) is 6. The molecule has 1 unspecified atom stereocenters. The fourth-order valence-corrected chi connectivity index (χ4v) is 5.09. The normalized spacial score (nSPS) is 18.6. The first-order chi connectivity index (χ1) is 18.0. The van der Waals surface area contributed by atoms with Crippen LogP contribution in [0.25, 0.3) is 0 Å². The Balaban J connectivity index is 0.000000180. The number of nitrogens with one attached hydrogen (secondary N) is 1. The van der Waals surface area contributed by atoms with E-state index in [0.717, 1.165) is 57.1 Å². The molecule has 0 spiro atoms. The van der Waals surface area contributed by atoms with Crippen molar-refractivity contribution in [2.45, 2.75) is 38.2 Å². The Hall–Kier alpha value is -2.88. The molecule has 3 aliphatic heterocycles. The molecule has 0 bridgehead atoms. The second-order valence-corrected chi connectivity index (χ2v) is 10.00. The molecule has 1 N–H and O–H groups in total. The Labute approximate surface area is 225 Å². The first-order valence-corrected chi connectivity index (χ1v) is 13.9. The van der Waals surface area contributed by atoms with Gasteiger partial charge in [-0.05, 0) is 56.4 Å². The lowest BCUT2D eigenvalue weighted by molar-refractivity contribution is 0.0218. The van der Waals surface area contributed by atoms with E-state index in [2.05, 4.69) is 21.2 Å². The summed E-state index contributed by atoms with van der Waals surface area (Å²) in [6, 6.07) is 14.0. The van der Waals surface area contributed by atoms with Gasteiger partial charge >= 0.3 is 0 Å². The number of hydrogen-bond donors (Lipinski definition) is 1. The Kier molecular flexibility index (Phi) is 9.60. The van der Waals surface area contributed by atoms with Crippen molar-refractivity contribution in [3.63, 3.8) is 0 Å². The van der Waals surface area contributed by atoms with Crippen molar-refractivity contribution in [3.8, 4) is 0 Å². The van der Waals surface area contributed by atoms with Crippen molar-refractivity contribution in [1.82, 2.24) is 15.1 Å². The Bertz CT molecular complexity index is 1080. The summed E-state index contributed by atoms with van der Waals surface area (Å²) in [5, 5.41) is 4.20. The van der Waals surface area contributed by atoms with Crippen molar-refractivity contribution < 1.29 is 23.9 Å². The van der Waals surface area contributed by atoms with Gasteiger partial charge in [-0.25, -0.2) is 0 Å². The van der Waals surface area contributed by atoms with Crippen LogP contribution in [-0.2, 0) is 4.74 Å². The SMILES string of the molecule is O=C1c2ccccc2C(=O)N1CCCCBr.O=C1c2ccccc2C(=O)N1CCCCC1CNCCO1. The molecule has 1 fully saturated rings. The number of amides is 4. The molecule has 0 aliphatic carbocycles. The van der Waals surface area contributed by atoms with Crippen molar-refractivity contribution >= 4 is 39.6 Å². The molecule has 3 aliphatic rings. The molecule has 9 heteroatoms. The number of carbonyl (C=O) groups excluding carboxylic acids is 4. The Morgan fingerprint density at radius 3 is 1.59 bits per heavy atom. The number of imide groups is 2. The van der Waals surface area contributed by atoms with Gasteiger partial charge in [0.05, 0.1) is 35.0 Å². The van der Waals surface area contributed by atoms with Crippen LogP contribution in [0, 0.1) is 0 Å². The molecule has 37 heavy (non-hydrogen) atoms. The van der Waals surface area contributed by atoms with Gasteiger partial charge < -0.3 is 10.1 Å². The number of unbranched alkanes of at least 4 members (excludes halogenated alkanes) is 2. The molecule has 4 amide bonds.